The molecule has 0 saturated carbocycles. The van der Waals surface area contributed by atoms with Gasteiger partial charge in [-0.3, -0.25) is 0 Å². The maximum Gasteiger partial charge on any atom is 0.317 e. The Hall–Kier alpha value is -1.99. The summed E-state index contributed by atoms with van der Waals surface area (Å²) in [7, 11) is 1.77. The highest BCUT2D eigenvalue weighted by atomic mass is 16.2. The first-order valence-corrected chi connectivity index (χ1v) is 7.04. The summed E-state index contributed by atoms with van der Waals surface area (Å²) in [5.41, 5.74) is 1.72. The molecule has 21 heavy (non-hydrogen) atoms. The van der Waals surface area contributed by atoms with E-state index >= 15 is 0 Å². The van der Waals surface area contributed by atoms with Crippen LogP contribution in [0.25, 0.3) is 0 Å². The molecule has 0 aliphatic heterocycles. The molecule has 0 radical (unpaired) electrons. The monoisotopic (exact) mass is 288 g/mol. The van der Waals surface area contributed by atoms with E-state index in [1.807, 2.05) is 45.0 Å². The Morgan fingerprint density at radius 1 is 1.29 bits per heavy atom. The SMILES string of the molecule is CN(Cc1ccc(C#CCCO)cc1)C(=O)NC(C)(C)C. The quantitative estimate of drug-likeness (QED) is 0.839. The Labute approximate surface area is 127 Å². The topological polar surface area (TPSA) is 52.6 Å². The van der Waals surface area contributed by atoms with Crippen LogP contribution in [-0.2, 0) is 6.54 Å². The fourth-order valence-electron chi connectivity index (χ4n) is 1.68. The molecule has 114 valence electrons. The largest absolute Gasteiger partial charge is 0.395 e. The summed E-state index contributed by atoms with van der Waals surface area (Å²) in [6, 6.07) is 7.69. The van der Waals surface area contributed by atoms with Crippen LogP contribution in [0.2, 0.25) is 0 Å². The summed E-state index contributed by atoms with van der Waals surface area (Å²) in [4.78, 5) is 13.6. The Balaban J connectivity index is 2.59. The summed E-state index contributed by atoms with van der Waals surface area (Å²) in [6.07, 6.45) is 0.484. The normalized spacial score (nSPS) is 10.5. The first-order chi connectivity index (χ1) is 9.81. The number of amides is 2. The number of rotatable bonds is 3. The molecule has 2 N–H and O–H groups in total. The molecule has 0 aromatic heterocycles. The molecule has 0 aliphatic rings. The van der Waals surface area contributed by atoms with Crippen LogP contribution in [0.4, 0.5) is 4.79 Å². The average Bonchev–Trinajstić information content (AvgIpc) is 2.39. The molecule has 1 aromatic rings. The second-order valence-corrected chi connectivity index (χ2v) is 6.01. The molecule has 2 amide bonds. The van der Waals surface area contributed by atoms with Crippen LogP contribution in [0.1, 0.15) is 38.3 Å². The van der Waals surface area contributed by atoms with Crippen molar-refractivity contribution in [1.29, 1.82) is 0 Å². The number of carbonyl (C=O) groups is 1. The van der Waals surface area contributed by atoms with Crippen molar-refractivity contribution in [1.82, 2.24) is 10.2 Å². The Morgan fingerprint density at radius 2 is 1.90 bits per heavy atom. The third-order valence-electron chi connectivity index (χ3n) is 2.67. The molecule has 4 heteroatoms. The molecule has 0 heterocycles. The zero-order valence-electron chi connectivity index (χ0n) is 13.2. The number of nitrogens with zero attached hydrogens (tertiary/aromatic N) is 1. The third kappa shape index (κ3) is 6.82. The molecule has 0 spiro atoms. The number of aliphatic hydroxyl groups excluding tert-OH is 1. The number of benzene rings is 1. The number of hydrogen-bond acceptors (Lipinski definition) is 2. The van der Waals surface area contributed by atoms with E-state index in [0.717, 1.165) is 11.1 Å². The van der Waals surface area contributed by atoms with Gasteiger partial charge < -0.3 is 15.3 Å². The Morgan fingerprint density at radius 3 is 2.43 bits per heavy atom. The zero-order chi connectivity index (χ0) is 15.9. The minimum atomic E-state index is -0.239. The average molecular weight is 288 g/mol. The predicted octanol–water partition coefficient (Wildman–Crippen LogP) is 2.36. The van der Waals surface area contributed by atoms with E-state index < -0.39 is 0 Å². The fraction of sp³-hybridized carbons (Fsp3) is 0.471. The summed E-state index contributed by atoms with van der Waals surface area (Å²) in [5.74, 6) is 5.86. The van der Waals surface area contributed by atoms with Crippen molar-refractivity contribution < 1.29 is 9.90 Å². The van der Waals surface area contributed by atoms with Crippen LogP contribution in [0, 0.1) is 11.8 Å². The molecule has 0 aliphatic carbocycles. The lowest BCUT2D eigenvalue weighted by Crippen LogP contribution is -2.46. The van der Waals surface area contributed by atoms with Crippen molar-refractivity contribution in [3.63, 3.8) is 0 Å². The predicted molar refractivity (Wildman–Crippen MR) is 84.8 cm³/mol. The van der Waals surface area contributed by atoms with Gasteiger partial charge in [-0.15, -0.1) is 0 Å². The molecule has 1 rings (SSSR count). The van der Waals surface area contributed by atoms with Crippen LogP contribution in [0.15, 0.2) is 24.3 Å². The van der Waals surface area contributed by atoms with Crippen LogP contribution >= 0.6 is 0 Å². The molecule has 0 saturated heterocycles. The Kier molecular flexibility index (Phi) is 6.26. The lowest BCUT2D eigenvalue weighted by molar-refractivity contribution is 0.197. The standard InChI is InChI=1S/C17H24N2O2/c1-17(2,3)18-16(21)19(4)13-15-10-8-14(9-11-15)7-5-6-12-20/h8-11,20H,6,12-13H2,1-4H3,(H,18,21). The molecule has 4 nitrogen and oxygen atoms in total. The fourth-order valence-corrected chi connectivity index (χ4v) is 1.68. The van der Waals surface area contributed by atoms with Gasteiger partial charge in [-0.05, 0) is 38.5 Å². The van der Waals surface area contributed by atoms with Gasteiger partial charge in [-0.1, -0.05) is 24.0 Å². The van der Waals surface area contributed by atoms with Gasteiger partial charge in [0.2, 0.25) is 0 Å². The van der Waals surface area contributed by atoms with Gasteiger partial charge in [0, 0.05) is 31.1 Å². The smallest absolute Gasteiger partial charge is 0.317 e. The zero-order valence-corrected chi connectivity index (χ0v) is 13.2. The van der Waals surface area contributed by atoms with E-state index in [1.165, 1.54) is 0 Å². The maximum absolute atomic E-state index is 12.0. The minimum absolute atomic E-state index is 0.0821. The van der Waals surface area contributed by atoms with E-state index in [1.54, 1.807) is 11.9 Å². The second-order valence-electron chi connectivity index (χ2n) is 6.01. The van der Waals surface area contributed by atoms with Crippen molar-refractivity contribution in [2.45, 2.75) is 39.3 Å². The molecule has 1 aromatic carbocycles. The van der Waals surface area contributed by atoms with Crippen LogP contribution in [0.5, 0.6) is 0 Å². The summed E-state index contributed by atoms with van der Waals surface area (Å²) in [6.45, 7) is 6.50. The maximum atomic E-state index is 12.0. The van der Waals surface area contributed by atoms with Gasteiger partial charge in [0.05, 0.1) is 6.61 Å². The van der Waals surface area contributed by atoms with E-state index in [-0.39, 0.29) is 18.2 Å². The van der Waals surface area contributed by atoms with E-state index in [0.29, 0.717) is 13.0 Å². The highest BCUT2D eigenvalue weighted by Crippen LogP contribution is 2.07. The molecular formula is C17H24N2O2. The van der Waals surface area contributed by atoms with Gasteiger partial charge >= 0.3 is 6.03 Å². The van der Waals surface area contributed by atoms with Crippen molar-refractivity contribution in [2.24, 2.45) is 0 Å². The van der Waals surface area contributed by atoms with Crippen LogP contribution < -0.4 is 5.32 Å². The van der Waals surface area contributed by atoms with Gasteiger partial charge in [-0.25, -0.2) is 4.79 Å². The van der Waals surface area contributed by atoms with Crippen molar-refractivity contribution in [2.75, 3.05) is 13.7 Å². The van der Waals surface area contributed by atoms with E-state index in [4.69, 9.17) is 5.11 Å². The lowest BCUT2D eigenvalue weighted by Gasteiger charge is -2.25. The lowest BCUT2D eigenvalue weighted by atomic mass is 10.1. The number of urea groups is 1. The Bertz CT molecular complexity index is 518. The highest BCUT2D eigenvalue weighted by molar-refractivity contribution is 5.74. The second kappa shape index (κ2) is 7.70. The van der Waals surface area contributed by atoms with Crippen LogP contribution in [-0.4, -0.2) is 35.2 Å². The first kappa shape index (κ1) is 17.1. The number of hydrogen-bond donors (Lipinski definition) is 2. The summed E-state index contributed by atoms with van der Waals surface area (Å²) in [5, 5.41) is 11.6. The summed E-state index contributed by atoms with van der Waals surface area (Å²) < 4.78 is 0. The van der Waals surface area contributed by atoms with Gasteiger partial charge in [0.15, 0.2) is 0 Å². The van der Waals surface area contributed by atoms with Crippen molar-refractivity contribution >= 4 is 6.03 Å². The van der Waals surface area contributed by atoms with Crippen molar-refractivity contribution in [3.05, 3.63) is 35.4 Å². The third-order valence-corrected chi connectivity index (χ3v) is 2.67. The number of carbonyl (C=O) groups excluding carboxylic acids is 1. The van der Waals surface area contributed by atoms with Gasteiger partial charge in [0.1, 0.15) is 0 Å². The van der Waals surface area contributed by atoms with Crippen molar-refractivity contribution in [3.8, 4) is 11.8 Å². The number of nitrogens with one attached hydrogen (secondary N) is 1. The molecule has 0 bridgehead atoms. The molecule has 0 fully saturated rings. The van der Waals surface area contributed by atoms with Crippen LogP contribution in [0.3, 0.4) is 0 Å². The van der Waals surface area contributed by atoms with Gasteiger partial charge in [-0.2, -0.15) is 0 Å². The van der Waals surface area contributed by atoms with Gasteiger partial charge in [0.25, 0.3) is 0 Å². The summed E-state index contributed by atoms with van der Waals surface area (Å²) >= 11 is 0. The number of aliphatic hydroxyl groups is 1. The molecule has 0 atom stereocenters. The molecular weight excluding hydrogens is 264 g/mol. The minimum Gasteiger partial charge on any atom is -0.395 e. The first-order valence-electron chi connectivity index (χ1n) is 7.04. The van der Waals surface area contributed by atoms with E-state index in [9.17, 15) is 4.79 Å². The van der Waals surface area contributed by atoms with E-state index in [2.05, 4.69) is 17.2 Å². The molecule has 0 unspecified atom stereocenters. The highest BCUT2D eigenvalue weighted by Gasteiger charge is 2.16.